The lowest BCUT2D eigenvalue weighted by Crippen LogP contribution is -2.29. The maximum Gasteiger partial charge on any atom is 0.433 e. The van der Waals surface area contributed by atoms with E-state index in [4.69, 9.17) is 0 Å². The van der Waals surface area contributed by atoms with Gasteiger partial charge in [0.15, 0.2) is 0 Å². The van der Waals surface area contributed by atoms with E-state index in [9.17, 15) is 26.4 Å². The van der Waals surface area contributed by atoms with Crippen LogP contribution in [-0.4, -0.2) is 25.9 Å². The zero-order chi connectivity index (χ0) is 22.2. The molecule has 160 valence electrons. The largest absolute Gasteiger partial charge is 0.433 e. The molecule has 0 bridgehead atoms. The number of carbonyl (C=O) groups is 1. The number of aromatic nitrogens is 1. The minimum Gasteiger partial charge on any atom is -0.307 e. The van der Waals surface area contributed by atoms with Crippen LogP contribution in [0.4, 0.5) is 24.7 Å². The highest BCUT2D eigenvalue weighted by Crippen LogP contribution is 2.33. The summed E-state index contributed by atoms with van der Waals surface area (Å²) < 4.78 is 66.0. The van der Waals surface area contributed by atoms with Crippen LogP contribution in [0.5, 0.6) is 0 Å². The Morgan fingerprint density at radius 1 is 1.00 bits per heavy atom. The summed E-state index contributed by atoms with van der Waals surface area (Å²) in [6, 6.07) is 15.6. The normalized spacial score (nSPS) is 13.7. The van der Waals surface area contributed by atoms with Gasteiger partial charge in [-0.05, 0) is 48.4 Å². The number of benzene rings is 2. The average molecular weight is 447 g/mol. The number of anilines is 2. The Morgan fingerprint density at radius 2 is 1.74 bits per heavy atom. The number of alkyl halides is 3. The highest BCUT2D eigenvalue weighted by atomic mass is 32.2. The Labute approximate surface area is 176 Å². The van der Waals surface area contributed by atoms with Gasteiger partial charge in [0, 0.05) is 12.1 Å². The fraction of sp³-hybridized carbons (Fsp3) is 0.143. The zero-order valence-corrected chi connectivity index (χ0v) is 16.7. The van der Waals surface area contributed by atoms with Gasteiger partial charge >= 0.3 is 6.18 Å². The Morgan fingerprint density at radius 3 is 2.52 bits per heavy atom. The van der Waals surface area contributed by atoms with E-state index in [1.807, 2.05) is 12.1 Å². The number of halogens is 3. The molecule has 3 aromatic rings. The number of fused-ring (bicyclic) bond motifs is 1. The van der Waals surface area contributed by atoms with Crippen molar-refractivity contribution in [2.75, 3.05) is 16.2 Å². The Bertz CT molecular complexity index is 1260. The van der Waals surface area contributed by atoms with Crippen molar-refractivity contribution < 1.29 is 26.4 Å². The van der Waals surface area contributed by atoms with Crippen LogP contribution in [0.1, 0.15) is 21.6 Å². The summed E-state index contributed by atoms with van der Waals surface area (Å²) in [6.07, 6.45) is -4.07. The lowest BCUT2D eigenvalue weighted by Gasteiger charge is -2.20. The van der Waals surface area contributed by atoms with Crippen LogP contribution < -0.4 is 9.62 Å². The molecule has 4 rings (SSSR count). The summed E-state index contributed by atoms with van der Waals surface area (Å²) in [7, 11) is -3.92. The van der Waals surface area contributed by atoms with Crippen molar-refractivity contribution in [3.05, 3.63) is 83.6 Å². The van der Waals surface area contributed by atoms with E-state index in [0.717, 1.165) is 17.7 Å². The average Bonchev–Trinajstić information content (AvgIpc) is 3.18. The van der Waals surface area contributed by atoms with Gasteiger partial charge < -0.3 is 5.32 Å². The molecule has 1 aliphatic rings. The summed E-state index contributed by atoms with van der Waals surface area (Å²) in [5, 5.41) is 2.28. The summed E-state index contributed by atoms with van der Waals surface area (Å²) in [5.74, 6) is -1.06. The minimum atomic E-state index is -4.65. The van der Waals surface area contributed by atoms with Gasteiger partial charge in [-0.25, -0.2) is 13.4 Å². The molecule has 0 unspecified atom stereocenters. The smallest absolute Gasteiger partial charge is 0.307 e. The molecule has 2 heterocycles. The molecule has 2 aromatic carbocycles. The molecule has 1 N–H and O–H groups in total. The molecule has 0 saturated heterocycles. The van der Waals surface area contributed by atoms with Crippen LogP contribution in [0, 0.1) is 0 Å². The topological polar surface area (TPSA) is 79.4 Å². The van der Waals surface area contributed by atoms with Crippen LogP contribution in [0.15, 0.2) is 71.6 Å². The van der Waals surface area contributed by atoms with Gasteiger partial charge in [-0.3, -0.25) is 9.10 Å². The number of amides is 1. The number of rotatable bonds is 4. The zero-order valence-electron chi connectivity index (χ0n) is 15.9. The summed E-state index contributed by atoms with van der Waals surface area (Å²) >= 11 is 0. The lowest BCUT2D eigenvalue weighted by molar-refractivity contribution is -0.141. The van der Waals surface area contributed by atoms with Crippen LogP contribution in [0.2, 0.25) is 0 Å². The molecule has 1 aliphatic heterocycles. The molecule has 10 heteroatoms. The van der Waals surface area contributed by atoms with Gasteiger partial charge in [-0.2, -0.15) is 13.2 Å². The first-order chi connectivity index (χ1) is 14.7. The monoisotopic (exact) mass is 447 g/mol. The van der Waals surface area contributed by atoms with Crippen molar-refractivity contribution in [1.82, 2.24) is 4.98 Å². The standard InChI is InChI=1S/C21H16F3N3O3S/c22-21(23,24)18-9-4-10-19(25-18)26-20(28)15-6-3-7-16(13-15)31(29,30)27-12-11-14-5-1-2-8-17(14)27/h1-10,13H,11-12H2,(H,25,26,28). The second-order valence-electron chi connectivity index (χ2n) is 6.84. The maximum absolute atomic E-state index is 13.1. The molecular formula is C21H16F3N3O3S. The van der Waals surface area contributed by atoms with E-state index >= 15 is 0 Å². The first-order valence-electron chi connectivity index (χ1n) is 9.22. The molecule has 0 spiro atoms. The Hall–Kier alpha value is -3.40. The number of para-hydroxylation sites is 1. The molecule has 0 aliphatic carbocycles. The van der Waals surface area contributed by atoms with Crippen molar-refractivity contribution in [3.8, 4) is 0 Å². The van der Waals surface area contributed by atoms with Crippen molar-refractivity contribution in [2.45, 2.75) is 17.5 Å². The van der Waals surface area contributed by atoms with Crippen LogP contribution in [-0.2, 0) is 22.6 Å². The van der Waals surface area contributed by atoms with Gasteiger partial charge in [-0.15, -0.1) is 0 Å². The van der Waals surface area contributed by atoms with Crippen LogP contribution in [0.25, 0.3) is 0 Å². The number of sulfonamides is 1. The molecule has 0 radical (unpaired) electrons. The summed E-state index contributed by atoms with van der Waals surface area (Å²) in [6.45, 7) is 0.284. The number of nitrogens with zero attached hydrogens (tertiary/aromatic N) is 2. The van der Waals surface area contributed by atoms with Crippen molar-refractivity contribution in [1.29, 1.82) is 0 Å². The van der Waals surface area contributed by atoms with Gasteiger partial charge in [0.2, 0.25) is 0 Å². The van der Waals surface area contributed by atoms with E-state index in [1.165, 1.54) is 34.6 Å². The SMILES string of the molecule is O=C(Nc1cccc(C(F)(F)F)n1)c1cccc(S(=O)(=O)N2CCc3ccccc32)c1. The van der Waals surface area contributed by atoms with Crippen LogP contribution in [0.3, 0.4) is 0 Å². The second kappa shape index (κ2) is 7.69. The van der Waals surface area contributed by atoms with Crippen molar-refractivity contribution >= 4 is 27.4 Å². The van der Waals surface area contributed by atoms with Crippen molar-refractivity contribution in [3.63, 3.8) is 0 Å². The molecule has 0 saturated carbocycles. The Kier molecular flexibility index (Phi) is 5.18. The first-order valence-corrected chi connectivity index (χ1v) is 10.7. The highest BCUT2D eigenvalue weighted by Gasteiger charge is 2.33. The number of nitrogens with one attached hydrogen (secondary N) is 1. The third-order valence-corrected chi connectivity index (χ3v) is 6.62. The van der Waals surface area contributed by atoms with E-state index in [1.54, 1.807) is 12.1 Å². The summed E-state index contributed by atoms with van der Waals surface area (Å²) in [4.78, 5) is 15.8. The molecule has 1 amide bonds. The highest BCUT2D eigenvalue weighted by molar-refractivity contribution is 7.92. The quantitative estimate of drug-likeness (QED) is 0.653. The lowest BCUT2D eigenvalue weighted by atomic mass is 10.2. The third-order valence-electron chi connectivity index (χ3n) is 4.81. The predicted octanol–water partition coefficient (Wildman–Crippen LogP) is 4.10. The van der Waals surface area contributed by atoms with E-state index in [-0.39, 0.29) is 22.8 Å². The van der Waals surface area contributed by atoms with E-state index < -0.39 is 27.8 Å². The predicted molar refractivity (Wildman–Crippen MR) is 108 cm³/mol. The molecule has 6 nitrogen and oxygen atoms in total. The van der Waals surface area contributed by atoms with Gasteiger partial charge in [0.1, 0.15) is 11.5 Å². The van der Waals surface area contributed by atoms with Crippen LogP contribution >= 0.6 is 0 Å². The van der Waals surface area contributed by atoms with Gasteiger partial charge in [-0.1, -0.05) is 30.3 Å². The van der Waals surface area contributed by atoms with Gasteiger partial charge in [0.25, 0.3) is 15.9 Å². The van der Waals surface area contributed by atoms with Crippen molar-refractivity contribution in [2.24, 2.45) is 0 Å². The fourth-order valence-electron chi connectivity index (χ4n) is 3.33. The van der Waals surface area contributed by atoms with Gasteiger partial charge in [0.05, 0.1) is 10.6 Å². The first kappa shape index (κ1) is 20.9. The molecule has 31 heavy (non-hydrogen) atoms. The minimum absolute atomic E-state index is 0.0206. The van der Waals surface area contributed by atoms with E-state index in [2.05, 4.69) is 10.3 Å². The number of carbonyl (C=O) groups excluding carboxylic acids is 1. The molecular weight excluding hydrogens is 431 g/mol. The fourth-order valence-corrected chi connectivity index (χ4v) is 4.88. The molecule has 0 atom stereocenters. The molecule has 1 aromatic heterocycles. The third kappa shape index (κ3) is 4.11. The summed E-state index contributed by atoms with van der Waals surface area (Å²) in [5.41, 5.74) is 0.336. The maximum atomic E-state index is 13.1. The number of hydrogen-bond donors (Lipinski definition) is 1. The number of hydrogen-bond acceptors (Lipinski definition) is 4. The number of pyridine rings is 1. The Balaban J connectivity index is 1.60. The van der Waals surface area contributed by atoms with E-state index in [0.29, 0.717) is 12.1 Å². The molecule has 0 fully saturated rings. The second-order valence-corrected chi connectivity index (χ2v) is 8.71.